The van der Waals surface area contributed by atoms with Gasteiger partial charge in [-0.25, -0.2) is 4.79 Å². The van der Waals surface area contributed by atoms with Gasteiger partial charge in [-0.2, -0.15) is 0 Å². The number of carboxylic acids is 1. The highest BCUT2D eigenvalue weighted by Crippen LogP contribution is 2.27. The summed E-state index contributed by atoms with van der Waals surface area (Å²) in [6, 6.07) is 5.32. The lowest BCUT2D eigenvalue weighted by molar-refractivity contribution is -0.119. The fourth-order valence-electron chi connectivity index (χ4n) is 2.06. The predicted octanol–water partition coefficient (Wildman–Crippen LogP) is 1.90. The zero-order chi connectivity index (χ0) is 14.7. The Morgan fingerprint density at radius 2 is 2.15 bits per heavy atom. The van der Waals surface area contributed by atoms with E-state index in [-0.39, 0.29) is 18.1 Å². The molecule has 20 heavy (non-hydrogen) atoms. The molecule has 0 unspecified atom stereocenters. The number of hydrogen-bond donors (Lipinski definition) is 3. The zero-order valence-corrected chi connectivity index (χ0v) is 11.3. The molecule has 0 atom stereocenters. The molecule has 1 amide bonds. The van der Waals surface area contributed by atoms with Gasteiger partial charge in [-0.15, -0.1) is 0 Å². The van der Waals surface area contributed by atoms with E-state index in [1.165, 1.54) is 6.92 Å². The van der Waals surface area contributed by atoms with E-state index in [2.05, 4.69) is 10.3 Å². The Morgan fingerprint density at radius 3 is 2.75 bits per heavy atom. The molecule has 0 radical (unpaired) electrons. The van der Waals surface area contributed by atoms with Crippen LogP contribution in [0.15, 0.2) is 18.2 Å². The van der Waals surface area contributed by atoms with Crippen molar-refractivity contribution in [1.29, 1.82) is 0 Å². The Labute approximate surface area is 115 Å². The van der Waals surface area contributed by atoms with Gasteiger partial charge >= 0.3 is 5.97 Å². The lowest BCUT2D eigenvalue weighted by atomic mass is 10.1. The van der Waals surface area contributed by atoms with Crippen LogP contribution in [0.3, 0.4) is 0 Å². The number of nitrogens with one attached hydrogen (secondary N) is 2. The first-order valence-electron chi connectivity index (χ1n) is 6.28. The normalized spacial score (nSPS) is 10.5. The SMILES string of the molecule is CCOc1ccc2[nH]c(C(=O)O)c(CNC(C)=O)c2c1. The topological polar surface area (TPSA) is 91.4 Å². The first-order chi connectivity index (χ1) is 9.52. The van der Waals surface area contributed by atoms with Gasteiger partial charge in [0, 0.05) is 29.9 Å². The number of amides is 1. The third-order valence-corrected chi connectivity index (χ3v) is 2.92. The van der Waals surface area contributed by atoms with Crippen molar-refractivity contribution in [3.63, 3.8) is 0 Å². The summed E-state index contributed by atoms with van der Waals surface area (Å²) in [7, 11) is 0. The first-order valence-corrected chi connectivity index (χ1v) is 6.28. The monoisotopic (exact) mass is 276 g/mol. The second-order valence-electron chi connectivity index (χ2n) is 4.33. The van der Waals surface area contributed by atoms with E-state index in [9.17, 15) is 14.7 Å². The Balaban J connectivity index is 2.52. The summed E-state index contributed by atoms with van der Waals surface area (Å²) in [4.78, 5) is 25.2. The molecular weight excluding hydrogens is 260 g/mol. The van der Waals surface area contributed by atoms with Crippen LogP contribution in [0.1, 0.15) is 29.9 Å². The molecule has 3 N–H and O–H groups in total. The highest BCUT2D eigenvalue weighted by molar-refractivity contribution is 5.98. The Bertz CT molecular complexity index is 660. The smallest absolute Gasteiger partial charge is 0.352 e. The van der Waals surface area contributed by atoms with Gasteiger partial charge in [0.15, 0.2) is 0 Å². The summed E-state index contributed by atoms with van der Waals surface area (Å²) in [6.07, 6.45) is 0. The maximum atomic E-state index is 11.3. The summed E-state index contributed by atoms with van der Waals surface area (Å²) >= 11 is 0. The molecule has 2 aromatic rings. The first kappa shape index (κ1) is 13.9. The van der Waals surface area contributed by atoms with Crippen molar-refractivity contribution in [3.05, 3.63) is 29.5 Å². The fraction of sp³-hybridized carbons (Fsp3) is 0.286. The number of aromatic nitrogens is 1. The van der Waals surface area contributed by atoms with E-state index in [0.29, 0.717) is 23.4 Å². The summed E-state index contributed by atoms with van der Waals surface area (Å²) in [6.45, 7) is 3.96. The van der Waals surface area contributed by atoms with Crippen molar-refractivity contribution in [2.75, 3.05) is 6.61 Å². The van der Waals surface area contributed by atoms with E-state index in [0.717, 1.165) is 5.39 Å². The maximum Gasteiger partial charge on any atom is 0.352 e. The molecule has 0 saturated heterocycles. The van der Waals surface area contributed by atoms with E-state index in [1.807, 2.05) is 6.92 Å². The van der Waals surface area contributed by atoms with Gasteiger partial charge in [0.1, 0.15) is 11.4 Å². The lowest BCUT2D eigenvalue weighted by Crippen LogP contribution is -2.20. The minimum absolute atomic E-state index is 0.0856. The number of rotatable bonds is 5. The number of benzene rings is 1. The standard InChI is InChI=1S/C14H16N2O4/c1-3-20-9-4-5-12-10(6-9)11(7-15-8(2)17)13(16-12)14(18)19/h4-6,16H,3,7H2,1-2H3,(H,15,17)(H,18,19). The van der Waals surface area contributed by atoms with Crippen molar-refractivity contribution >= 4 is 22.8 Å². The largest absolute Gasteiger partial charge is 0.494 e. The van der Waals surface area contributed by atoms with Crippen molar-refractivity contribution in [1.82, 2.24) is 10.3 Å². The average Bonchev–Trinajstić information content (AvgIpc) is 2.75. The minimum atomic E-state index is -1.06. The number of carbonyl (C=O) groups is 2. The third-order valence-electron chi connectivity index (χ3n) is 2.92. The number of carbonyl (C=O) groups excluding carboxylic acids is 1. The summed E-state index contributed by atoms with van der Waals surface area (Å²) in [5.41, 5.74) is 1.33. The number of carboxylic acid groups (broad SMARTS) is 1. The number of aromatic amines is 1. The Morgan fingerprint density at radius 1 is 1.40 bits per heavy atom. The van der Waals surface area contributed by atoms with E-state index < -0.39 is 5.97 Å². The number of fused-ring (bicyclic) bond motifs is 1. The molecule has 0 aliphatic carbocycles. The molecule has 1 heterocycles. The van der Waals surface area contributed by atoms with Crippen molar-refractivity contribution < 1.29 is 19.4 Å². The minimum Gasteiger partial charge on any atom is -0.494 e. The van der Waals surface area contributed by atoms with E-state index in [1.54, 1.807) is 18.2 Å². The molecule has 0 spiro atoms. The van der Waals surface area contributed by atoms with Crippen LogP contribution in [0.4, 0.5) is 0 Å². The molecular formula is C14H16N2O4. The maximum absolute atomic E-state index is 11.3. The highest BCUT2D eigenvalue weighted by atomic mass is 16.5. The Kier molecular flexibility index (Phi) is 3.93. The molecule has 0 bridgehead atoms. The van der Waals surface area contributed by atoms with Crippen molar-refractivity contribution in [2.24, 2.45) is 0 Å². The van der Waals surface area contributed by atoms with Crippen LogP contribution in [0.25, 0.3) is 10.9 Å². The molecule has 0 fully saturated rings. The third kappa shape index (κ3) is 2.74. The molecule has 6 nitrogen and oxygen atoms in total. The van der Waals surface area contributed by atoms with Crippen LogP contribution in [-0.2, 0) is 11.3 Å². The summed E-state index contributed by atoms with van der Waals surface area (Å²) in [5.74, 6) is -0.601. The summed E-state index contributed by atoms with van der Waals surface area (Å²) in [5, 5.41) is 12.6. The molecule has 0 saturated carbocycles. The van der Waals surface area contributed by atoms with Gasteiger partial charge in [0.25, 0.3) is 0 Å². The second kappa shape index (κ2) is 5.64. The number of hydrogen-bond acceptors (Lipinski definition) is 3. The van der Waals surface area contributed by atoms with E-state index in [4.69, 9.17) is 4.74 Å². The average molecular weight is 276 g/mol. The highest BCUT2D eigenvalue weighted by Gasteiger charge is 2.17. The number of ether oxygens (including phenoxy) is 1. The molecule has 106 valence electrons. The van der Waals surface area contributed by atoms with Crippen LogP contribution in [0, 0.1) is 0 Å². The predicted molar refractivity (Wildman–Crippen MR) is 73.9 cm³/mol. The van der Waals surface area contributed by atoms with Gasteiger partial charge < -0.3 is 20.1 Å². The van der Waals surface area contributed by atoms with Crippen LogP contribution in [0.5, 0.6) is 5.75 Å². The van der Waals surface area contributed by atoms with Crippen LogP contribution in [0.2, 0.25) is 0 Å². The van der Waals surface area contributed by atoms with Crippen LogP contribution in [-0.4, -0.2) is 28.6 Å². The molecule has 1 aromatic carbocycles. The number of H-pyrrole nitrogens is 1. The molecule has 1 aromatic heterocycles. The zero-order valence-electron chi connectivity index (χ0n) is 11.3. The molecule has 0 aliphatic heterocycles. The summed E-state index contributed by atoms with van der Waals surface area (Å²) < 4.78 is 5.42. The fourth-order valence-corrected chi connectivity index (χ4v) is 2.06. The molecule has 6 heteroatoms. The molecule has 2 rings (SSSR count). The van der Waals surface area contributed by atoms with Crippen molar-refractivity contribution in [3.8, 4) is 5.75 Å². The van der Waals surface area contributed by atoms with E-state index >= 15 is 0 Å². The van der Waals surface area contributed by atoms with Gasteiger partial charge in [0.2, 0.25) is 5.91 Å². The van der Waals surface area contributed by atoms with Crippen molar-refractivity contribution in [2.45, 2.75) is 20.4 Å². The van der Waals surface area contributed by atoms with Gasteiger partial charge in [0.05, 0.1) is 6.61 Å². The van der Waals surface area contributed by atoms with Gasteiger partial charge in [-0.3, -0.25) is 4.79 Å². The van der Waals surface area contributed by atoms with Gasteiger partial charge in [-0.05, 0) is 25.1 Å². The second-order valence-corrected chi connectivity index (χ2v) is 4.33. The molecule has 0 aliphatic rings. The quantitative estimate of drug-likeness (QED) is 0.777. The van der Waals surface area contributed by atoms with Crippen LogP contribution >= 0.6 is 0 Å². The van der Waals surface area contributed by atoms with Gasteiger partial charge in [-0.1, -0.05) is 0 Å². The Hall–Kier alpha value is -2.50. The number of aromatic carboxylic acids is 1. The van der Waals surface area contributed by atoms with Crippen LogP contribution < -0.4 is 10.1 Å². The lowest BCUT2D eigenvalue weighted by Gasteiger charge is -2.05.